The van der Waals surface area contributed by atoms with Crippen molar-refractivity contribution in [2.24, 2.45) is 22.9 Å². The van der Waals surface area contributed by atoms with E-state index in [0.29, 0.717) is 43.3 Å². The number of unbranched alkanes of at least 4 members (excludes halogenated alkanes) is 2. The third kappa shape index (κ3) is 9.09. The summed E-state index contributed by atoms with van der Waals surface area (Å²) in [5, 5.41) is 26.9. The lowest BCUT2D eigenvalue weighted by Gasteiger charge is -2.59. The molecule has 316 valence electrons. The summed E-state index contributed by atoms with van der Waals surface area (Å²) in [5.74, 6) is -0.569. The molecule has 7 atom stereocenters. The number of carbonyl (C=O) groups is 1. The van der Waals surface area contributed by atoms with Crippen LogP contribution in [0, 0.1) is 17.8 Å². The predicted octanol–water partition coefficient (Wildman–Crippen LogP) is 8.83. The van der Waals surface area contributed by atoms with E-state index < -0.39 is 30.1 Å². The highest BCUT2D eigenvalue weighted by Gasteiger charge is 2.65. The van der Waals surface area contributed by atoms with Crippen LogP contribution in [0.5, 0.6) is 11.5 Å². The Kier molecular flexibility index (Phi) is 14.4. The van der Waals surface area contributed by atoms with Crippen LogP contribution in [-0.2, 0) is 25.6 Å². The molecule has 0 aromatic heterocycles. The number of allylic oxidation sites excluding steroid dienone is 1. The quantitative estimate of drug-likeness (QED) is 0.0694. The van der Waals surface area contributed by atoms with Gasteiger partial charge in [0.25, 0.3) is 0 Å². The molecule has 11 heteroatoms. The van der Waals surface area contributed by atoms with Crippen molar-refractivity contribution in [1.82, 2.24) is 4.90 Å². The van der Waals surface area contributed by atoms with Crippen LogP contribution in [0.15, 0.2) is 103 Å². The molecule has 59 heavy (non-hydrogen) atoms. The fourth-order valence-corrected chi connectivity index (χ4v) is 9.84. The lowest BCUT2D eigenvalue weighted by atomic mass is 9.55. The SMILES string of the molecule is C=CCOc1ccc2c(c1)C1C(CCCCO)C(CCCCO)C=C3C(=NOC4CCCCO4)CC(N(Cc4cccc5ccccc45)C(=O)OC)C(OCC=C)(O2)C31. The molecular formula is C48H60N2O9. The first kappa shape index (κ1) is 42.4. The Bertz CT molecular complexity index is 1970. The summed E-state index contributed by atoms with van der Waals surface area (Å²) in [6.07, 6.45) is 12.4. The summed E-state index contributed by atoms with van der Waals surface area (Å²) >= 11 is 0. The summed E-state index contributed by atoms with van der Waals surface area (Å²) in [7, 11) is 1.40. The first-order valence-electron chi connectivity index (χ1n) is 21.4. The van der Waals surface area contributed by atoms with Gasteiger partial charge in [0.2, 0.25) is 12.1 Å². The van der Waals surface area contributed by atoms with Crippen molar-refractivity contribution in [3.63, 3.8) is 0 Å². The van der Waals surface area contributed by atoms with Crippen molar-refractivity contribution in [2.75, 3.05) is 40.1 Å². The summed E-state index contributed by atoms with van der Waals surface area (Å²) in [6, 6.07) is 19.5. The second-order valence-corrected chi connectivity index (χ2v) is 16.0. The number of aliphatic hydroxyl groups is 2. The van der Waals surface area contributed by atoms with Crippen LogP contribution in [0.2, 0.25) is 0 Å². The number of nitrogens with zero attached hydrogens (tertiary/aromatic N) is 2. The molecule has 2 aliphatic heterocycles. The highest BCUT2D eigenvalue weighted by Crippen LogP contribution is 2.62. The minimum Gasteiger partial charge on any atom is -0.490 e. The third-order valence-electron chi connectivity index (χ3n) is 12.4. The Hall–Kier alpha value is -4.68. The first-order valence-corrected chi connectivity index (χ1v) is 21.4. The number of oxime groups is 1. The number of ether oxygens (including phenoxy) is 5. The second kappa shape index (κ2) is 20.1. The molecule has 7 unspecified atom stereocenters. The normalized spacial score (nSPS) is 26.5. The van der Waals surface area contributed by atoms with E-state index in [1.54, 1.807) is 17.1 Å². The molecule has 4 aliphatic rings. The summed E-state index contributed by atoms with van der Waals surface area (Å²) < 4.78 is 32.2. The van der Waals surface area contributed by atoms with Crippen molar-refractivity contribution < 1.29 is 43.5 Å². The smallest absolute Gasteiger partial charge is 0.410 e. The van der Waals surface area contributed by atoms with Crippen molar-refractivity contribution >= 4 is 22.6 Å². The Balaban J connectivity index is 1.46. The van der Waals surface area contributed by atoms with E-state index in [9.17, 15) is 15.0 Å². The third-order valence-corrected chi connectivity index (χ3v) is 12.4. The van der Waals surface area contributed by atoms with E-state index in [4.69, 9.17) is 33.7 Å². The zero-order chi connectivity index (χ0) is 41.2. The van der Waals surface area contributed by atoms with Gasteiger partial charge in [0.05, 0.1) is 38.5 Å². The molecule has 1 amide bonds. The van der Waals surface area contributed by atoms with Crippen LogP contribution in [-0.4, -0.2) is 85.2 Å². The molecule has 3 aromatic carbocycles. The molecule has 11 nitrogen and oxygen atoms in total. The number of hydrogen-bond donors (Lipinski definition) is 2. The summed E-state index contributed by atoms with van der Waals surface area (Å²) in [4.78, 5) is 22.4. The van der Waals surface area contributed by atoms with Gasteiger partial charge >= 0.3 is 6.09 Å². The minimum absolute atomic E-state index is 0.0743. The number of aliphatic hydroxyl groups excluding tert-OH is 2. The van der Waals surface area contributed by atoms with Gasteiger partial charge in [-0.15, -0.1) is 6.58 Å². The maximum Gasteiger partial charge on any atom is 0.410 e. The van der Waals surface area contributed by atoms with Crippen LogP contribution in [0.4, 0.5) is 4.79 Å². The van der Waals surface area contributed by atoms with Gasteiger partial charge in [-0.25, -0.2) is 4.79 Å². The zero-order valence-corrected chi connectivity index (χ0v) is 34.3. The molecule has 0 radical (unpaired) electrons. The van der Waals surface area contributed by atoms with Crippen molar-refractivity contribution in [2.45, 2.75) is 94.8 Å². The van der Waals surface area contributed by atoms with E-state index in [1.807, 2.05) is 36.4 Å². The van der Waals surface area contributed by atoms with Gasteiger partial charge in [0.1, 0.15) is 24.1 Å². The van der Waals surface area contributed by atoms with E-state index >= 15 is 0 Å². The highest BCUT2D eigenvalue weighted by molar-refractivity contribution is 6.03. The van der Waals surface area contributed by atoms with Gasteiger partial charge in [-0.3, -0.25) is 4.90 Å². The average Bonchev–Trinajstić information content (AvgIpc) is 3.27. The van der Waals surface area contributed by atoms with Gasteiger partial charge in [0.15, 0.2) is 0 Å². The second-order valence-electron chi connectivity index (χ2n) is 16.0. The number of methoxy groups -OCH3 is 1. The molecule has 3 aromatic rings. The van der Waals surface area contributed by atoms with Gasteiger partial charge in [-0.1, -0.05) is 85.3 Å². The van der Waals surface area contributed by atoms with Crippen molar-refractivity contribution in [1.29, 1.82) is 0 Å². The summed E-state index contributed by atoms with van der Waals surface area (Å²) in [6.45, 7) is 9.44. The average molecular weight is 809 g/mol. The van der Waals surface area contributed by atoms with E-state index in [-0.39, 0.29) is 50.5 Å². The molecule has 2 fully saturated rings. The lowest BCUT2D eigenvalue weighted by molar-refractivity contribution is -0.256. The predicted molar refractivity (Wildman–Crippen MR) is 227 cm³/mol. The number of hydrogen-bond acceptors (Lipinski definition) is 10. The molecule has 2 aliphatic carbocycles. The van der Waals surface area contributed by atoms with Gasteiger partial charge in [-0.2, -0.15) is 0 Å². The lowest BCUT2D eigenvalue weighted by Crippen LogP contribution is -2.70. The van der Waals surface area contributed by atoms with Gasteiger partial charge in [-0.05, 0) is 90.5 Å². The van der Waals surface area contributed by atoms with Crippen LogP contribution < -0.4 is 9.47 Å². The molecule has 2 N–H and O–H groups in total. The molecule has 2 heterocycles. The van der Waals surface area contributed by atoms with Crippen LogP contribution in [0.25, 0.3) is 10.8 Å². The Morgan fingerprint density at radius 3 is 2.54 bits per heavy atom. The topological polar surface area (TPSA) is 129 Å². The van der Waals surface area contributed by atoms with Crippen molar-refractivity contribution in [3.05, 3.63) is 109 Å². The molecule has 7 rings (SSSR count). The monoisotopic (exact) mass is 808 g/mol. The first-order chi connectivity index (χ1) is 29.0. The van der Waals surface area contributed by atoms with Gasteiger partial charge < -0.3 is 38.7 Å². The Morgan fingerprint density at radius 1 is 0.983 bits per heavy atom. The molecule has 0 spiro atoms. The molecular weight excluding hydrogens is 749 g/mol. The van der Waals surface area contributed by atoms with Crippen LogP contribution >= 0.6 is 0 Å². The van der Waals surface area contributed by atoms with Gasteiger partial charge in [0, 0.05) is 37.5 Å². The number of rotatable bonds is 19. The number of benzene rings is 3. The minimum atomic E-state index is -1.42. The Labute approximate surface area is 348 Å². The maximum absolute atomic E-state index is 14.4. The maximum atomic E-state index is 14.4. The number of carbonyl (C=O) groups excluding carboxylic acids is 1. The molecule has 0 bridgehead atoms. The van der Waals surface area contributed by atoms with E-state index in [1.165, 1.54) is 7.11 Å². The fraction of sp³-hybridized carbons (Fsp3) is 0.500. The molecule has 1 saturated carbocycles. The number of fused-ring (bicyclic) bond motifs is 3. The van der Waals surface area contributed by atoms with E-state index in [2.05, 4.69) is 43.5 Å². The fourth-order valence-electron chi connectivity index (χ4n) is 9.84. The van der Waals surface area contributed by atoms with Crippen LogP contribution in [0.3, 0.4) is 0 Å². The number of amides is 1. The zero-order valence-electron chi connectivity index (χ0n) is 34.3. The standard InChI is InChI=1S/C48H60N2O9/c1-4-26-55-36-22-23-42-40(30-36)45-38(20-9-12-25-52)34(16-8-11-24-51)29-39-41(49-59-44-21-10-13-28-56-44)31-43(48(58-42,46(39)45)57-27-5-2)50(47(53)54-3)32-35-18-14-17-33-15-6-7-19-37(33)35/h4-7,14-15,17-19,22-23,29-30,34,38,43-46,51-52H,1-2,8-13,16,20-21,24-28,31-32H2,3H3. The van der Waals surface area contributed by atoms with Crippen molar-refractivity contribution in [3.8, 4) is 11.5 Å². The highest BCUT2D eigenvalue weighted by atomic mass is 16.8. The largest absolute Gasteiger partial charge is 0.490 e. The molecule has 1 saturated heterocycles. The van der Waals surface area contributed by atoms with E-state index in [0.717, 1.165) is 72.4 Å². The van der Waals surface area contributed by atoms with Crippen LogP contribution in [0.1, 0.15) is 81.3 Å². The summed E-state index contributed by atoms with van der Waals surface area (Å²) in [5.41, 5.74) is 3.59. The Morgan fingerprint density at radius 2 is 1.78 bits per heavy atom.